The van der Waals surface area contributed by atoms with Crippen LogP contribution in [0.15, 0.2) is 53.6 Å². The maximum atomic E-state index is 13.6. The average Bonchev–Trinajstić information content (AvgIpc) is 3.29. The molecule has 2 fully saturated rings. The third kappa shape index (κ3) is 5.05. The fourth-order valence-corrected chi connectivity index (χ4v) is 6.64. The van der Waals surface area contributed by atoms with Crippen molar-refractivity contribution in [1.82, 2.24) is 9.29 Å². The number of nitrogens with one attached hydrogen (secondary N) is 2. The number of H-pyrrole nitrogens is 1. The zero-order valence-corrected chi connectivity index (χ0v) is 20.6. The van der Waals surface area contributed by atoms with E-state index in [-0.39, 0.29) is 24.2 Å². The molecule has 1 saturated heterocycles. The normalized spacial score (nSPS) is 20.4. The average molecular weight is 504 g/mol. The third-order valence-electron chi connectivity index (χ3n) is 6.58. The summed E-state index contributed by atoms with van der Waals surface area (Å²) in [5, 5.41) is 4.71. The lowest BCUT2D eigenvalue weighted by Crippen LogP contribution is -2.47. The lowest BCUT2D eigenvalue weighted by Gasteiger charge is -2.31. The quantitative estimate of drug-likeness (QED) is 0.472. The van der Waals surface area contributed by atoms with Crippen LogP contribution in [0.1, 0.15) is 32.1 Å². The molecule has 0 radical (unpaired) electrons. The number of halogens is 1. The van der Waals surface area contributed by atoms with Crippen molar-refractivity contribution in [2.45, 2.75) is 49.1 Å². The molecule has 0 bridgehead atoms. The molecule has 2 N–H and O–H groups in total. The zero-order valence-electron chi connectivity index (χ0n) is 19.0. The highest BCUT2D eigenvalue weighted by Crippen LogP contribution is 2.35. The van der Waals surface area contributed by atoms with Gasteiger partial charge in [-0.05, 0) is 37.1 Å². The van der Waals surface area contributed by atoms with Gasteiger partial charge in [-0.3, -0.25) is 0 Å². The van der Waals surface area contributed by atoms with Crippen LogP contribution >= 0.6 is 11.6 Å². The molecule has 0 amide bonds. The molecule has 7 nitrogen and oxygen atoms in total. The number of nitrogens with zero attached hydrogens (tertiary/aromatic N) is 1. The molecule has 2 aliphatic rings. The van der Waals surface area contributed by atoms with Crippen LogP contribution in [0.4, 0.5) is 5.69 Å². The molecular formula is C25H30ClN3O4S. The molecule has 2 aromatic carbocycles. The minimum absolute atomic E-state index is 0.232. The van der Waals surface area contributed by atoms with Gasteiger partial charge in [-0.1, -0.05) is 49.1 Å². The van der Waals surface area contributed by atoms with Crippen LogP contribution in [0, 0.1) is 0 Å². The summed E-state index contributed by atoms with van der Waals surface area (Å²) in [7, 11) is -3.75. The first-order valence-electron chi connectivity index (χ1n) is 11.9. The number of para-hydroxylation sites is 1. The maximum Gasteiger partial charge on any atom is 0.245 e. The largest absolute Gasteiger partial charge is 0.491 e. The van der Waals surface area contributed by atoms with Crippen LogP contribution in [-0.4, -0.2) is 56.2 Å². The van der Waals surface area contributed by atoms with Gasteiger partial charge in [0.05, 0.1) is 17.8 Å². The second kappa shape index (κ2) is 10.2. The molecule has 1 aliphatic heterocycles. The van der Waals surface area contributed by atoms with E-state index in [9.17, 15) is 8.42 Å². The van der Waals surface area contributed by atoms with Crippen molar-refractivity contribution in [2.24, 2.45) is 0 Å². The highest BCUT2D eigenvalue weighted by molar-refractivity contribution is 7.89. The molecule has 182 valence electrons. The lowest BCUT2D eigenvalue weighted by molar-refractivity contribution is -0.0249. The van der Waals surface area contributed by atoms with E-state index in [4.69, 9.17) is 21.1 Å². The van der Waals surface area contributed by atoms with E-state index in [0.717, 1.165) is 29.8 Å². The molecule has 2 heterocycles. The van der Waals surface area contributed by atoms with Crippen LogP contribution in [-0.2, 0) is 14.8 Å². The number of benzene rings is 2. The highest BCUT2D eigenvalue weighted by atomic mass is 35.5. The number of fused-ring (bicyclic) bond motifs is 1. The second-order valence-corrected chi connectivity index (χ2v) is 11.3. The number of morpholine rings is 1. The summed E-state index contributed by atoms with van der Waals surface area (Å²) in [6.07, 6.45) is 7.13. The van der Waals surface area contributed by atoms with Gasteiger partial charge in [-0.2, -0.15) is 4.31 Å². The van der Waals surface area contributed by atoms with Crippen LogP contribution in [0.2, 0.25) is 5.02 Å². The topological polar surface area (TPSA) is 83.7 Å². The van der Waals surface area contributed by atoms with E-state index < -0.39 is 10.0 Å². The van der Waals surface area contributed by atoms with Crippen LogP contribution in [0.25, 0.3) is 10.9 Å². The first-order chi connectivity index (χ1) is 16.5. The fourth-order valence-electron chi connectivity index (χ4n) is 4.82. The maximum absolute atomic E-state index is 13.6. The number of hydrogen-bond acceptors (Lipinski definition) is 5. The Morgan fingerprint density at radius 2 is 1.94 bits per heavy atom. The zero-order chi connectivity index (χ0) is 23.5. The molecule has 0 spiro atoms. The van der Waals surface area contributed by atoms with Crippen molar-refractivity contribution in [3.63, 3.8) is 0 Å². The van der Waals surface area contributed by atoms with Gasteiger partial charge in [-0.15, -0.1) is 0 Å². The Morgan fingerprint density at radius 3 is 2.74 bits per heavy atom. The Balaban J connectivity index is 1.35. The number of anilines is 1. The van der Waals surface area contributed by atoms with E-state index in [1.807, 2.05) is 36.4 Å². The molecule has 1 atom stereocenters. The van der Waals surface area contributed by atoms with E-state index in [0.29, 0.717) is 29.6 Å². The molecule has 5 rings (SSSR count). The Bertz CT molecular complexity index is 1230. The predicted molar refractivity (Wildman–Crippen MR) is 134 cm³/mol. The molecule has 34 heavy (non-hydrogen) atoms. The number of ether oxygens (including phenoxy) is 2. The highest BCUT2D eigenvalue weighted by Gasteiger charge is 2.33. The minimum Gasteiger partial charge on any atom is -0.491 e. The lowest BCUT2D eigenvalue weighted by atomic mass is 9.95. The fraction of sp³-hybridized carbons (Fsp3) is 0.440. The van der Waals surface area contributed by atoms with Gasteiger partial charge in [0.2, 0.25) is 10.0 Å². The van der Waals surface area contributed by atoms with E-state index in [1.54, 1.807) is 12.3 Å². The summed E-state index contributed by atoms with van der Waals surface area (Å²) in [6, 6.07) is 13.4. The number of rotatable bonds is 7. The first kappa shape index (κ1) is 23.5. The summed E-state index contributed by atoms with van der Waals surface area (Å²) in [4.78, 5) is 3.43. The Kier molecular flexibility index (Phi) is 7.01. The Labute approximate surface area is 205 Å². The van der Waals surface area contributed by atoms with E-state index in [2.05, 4.69) is 10.3 Å². The van der Waals surface area contributed by atoms with E-state index >= 15 is 0 Å². The van der Waals surface area contributed by atoms with Crippen molar-refractivity contribution in [3.05, 3.63) is 53.7 Å². The smallest absolute Gasteiger partial charge is 0.245 e. The summed E-state index contributed by atoms with van der Waals surface area (Å²) in [5.41, 5.74) is 1.62. The van der Waals surface area contributed by atoms with Crippen molar-refractivity contribution < 1.29 is 17.9 Å². The predicted octanol–water partition coefficient (Wildman–Crippen LogP) is 5.03. The molecule has 3 aromatic rings. The van der Waals surface area contributed by atoms with Gasteiger partial charge in [0.1, 0.15) is 23.4 Å². The minimum atomic E-state index is -3.75. The van der Waals surface area contributed by atoms with Crippen molar-refractivity contribution >= 4 is 38.2 Å². The van der Waals surface area contributed by atoms with Crippen molar-refractivity contribution in [2.75, 3.05) is 31.6 Å². The third-order valence-corrected chi connectivity index (χ3v) is 8.70. The van der Waals surface area contributed by atoms with Gasteiger partial charge < -0.3 is 19.8 Å². The summed E-state index contributed by atoms with van der Waals surface area (Å²) < 4.78 is 40.3. The summed E-state index contributed by atoms with van der Waals surface area (Å²) in [5.74, 6) is 0.732. The SMILES string of the molecule is O=S(=O)(c1c[nH]c2c(NC3CCCCC3)cc(Cl)cc12)N1CCO[C@H](COc2ccccc2)C1. The molecule has 9 heteroatoms. The monoisotopic (exact) mass is 503 g/mol. The first-order valence-corrected chi connectivity index (χ1v) is 13.7. The number of aromatic amines is 1. The van der Waals surface area contributed by atoms with Crippen LogP contribution < -0.4 is 10.1 Å². The molecular weight excluding hydrogens is 474 g/mol. The molecule has 0 unspecified atom stereocenters. The van der Waals surface area contributed by atoms with E-state index in [1.165, 1.54) is 23.6 Å². The number of aromatic nitrogens is 1. The standard InChI is InChI=1S/C25H30ClN3O4S/c26-18-13-22-24(15-27-25(22)23(14-18)28-19-7-3-1-4-8-19)34(30,31)29-11-12-32-21(16-29)17-33-20-9-5-2-6-10-20/h2,5-6,9-10,13-15,19,21,27-28H,1,3-4,7-8,11-12,16-17H2/t21-/m0/s1. The Hall–Kier alpha value is -2.26. The molecule has 1 saturated carbocycles. The van der Waals surface area contributed by atoms with Gasteiger partial charge in [0, 0.05) is 35.7 Å². The van der Waals surface area contributed by atoms with Crippen LogP contribution in [0.5, 0.6) is 5.75 Å². The summed E-state index contributed by atoms with van der Waals surface area (Å²) in [6.45, 7) is 1.13. The Morgan fingerprint density at radius 1 is 1.15 bits per heavy atom. The van der Waals surface area contributed by atoms with Gasteiger partial charge in [0.25, 0.3) is 0 Å². The molecule has 1 aliphatic carbocycles. The number of hydrogen-bond donors (Lipinski definition) is 2. The number of sulfonamides is 1. The van der Waals surface area contributed by atoms with Crippen molar-refractivity contribution in [1.29, 1.82) is 0 Å². The van der Waals surface area contributed by atoms with Gasteiger partial charge >= 0.3 is 0 Å². The summed E-state index contributed by atoms with van der Waals surface area (Å²) >= 11 is 6.43. The van der Waals surface area contributed by atoms with Crippen LogP contribution in [0.3, 0.4) is 0 Å². The molecule has 1 aromatic heterocycles. The van der Waals surface area contributed by atoms with Gasteiger partial charge in [0.15, 0.2) is 0 Å². The van der Waals surface area contributed by atoms with Gasteiger partial charge in [-0.25, -0.2) is 8.42 Å². The van der Waals surface area contributed by atoms with Crippen molar-refractivity contribution in [3.8, 4) is 5.75 Å². The second-order valence-electron chi connectivity index (χ2n) is 8.99.